The number of hydrogen-bond donors (Lipinski definition) is 0. The Morgan fingerprint density at radius 3 is 2.70 bits per heavy atom. The van der Waals surface area contributed by atoms with E-state index in [0.717, 1.165) is 0 Å². The Kier molecular flexibility index (Phi) is 2.22. The van der Waals surface area contributed by atoms with Crippen molar-refractivity contribution in [3.63, 3.8) is 0 Å². The highest BCUT2D eigenvalue weighted by Gasteiger charge is 2.00. The minimum Gasteiger partial charge on any atom is -0.205 e. The summed E-state index contributed by atoms with van der Waals surface area (Å²) in [6.07, 6.45) is 1.24. The number of hydrogen-bond acceptors (Lipinski definition) is 0. The second-order valence-corrected chi connectivity index (χ2v) is 2.66. The summed E-state index contributed by atoms with van der Waals surface area (Å²) in [6, 6.07) is 4.97. The first-order valence-corrected chi connectivity index (χ1v) is 3.54. The number of benzene rings is 1. The Morgan fingerprint density at radius 2 is 2.20 bits per heavy atom. The maximum absolute atomic E-state index is 12.8. The number of rotatable bonds is 1. The smallest absolute Gasteiger partial charge is 0.144 e. The van der Waals surface area contributed by atoms with E-state index in [4.69, 9.17) is 6.58 Å². The summed E-state index contributed by atoms with van der Waals surface area (Å²) in [5.74, 6) is -0.315. The lowest BCUT2D eigenvalue weighted by Crippen LogP contribution is -1.81. The summed E-state index contributed by atoms with van der Waals surface area (Å²) in [7, 11) is 0. The zero-order valence-corrected chi connectivity index (χ0v) is 6.73. The molecule has 0 unspecified atom stereocenters. The molecule has 2 heteroatoms. The van der Waals surface area contributed by atoms with Crippen molar-refractivity contribution in [3.8, 4) is 0 Å². The summed E-state index contributed by atoms with van der Waals surface area (Å²) < 4.78 is 13.3. The predicted octanol–water partition coefficient (Wildman–Crippen LogP) is 3.03. The predicted molar refractivity (Wildman–Crippen MR) is 42.9 cm³/mol. The van der Waals surface area contributed by atoms with Crippen LogP contribution in [-0.2, 0) is 0 Å². The SMILES string of the molecule is [CH]=Cc1cccc(Br)c1F. The lowest BCUT2D eigenvalue weighted by Gasteiger charge is -1.96. The molecular weight excluding hydrogens is 195 g/mol. The fraction of sp³-hybridized carbons (Fsp3) is 0. The molecule has 0 saturated carbocycles. The van der Waals surface area contributed by atoms with E-state index in [1.165, 1.54) is 6.08 Å². The van der Waals surface area contributed by atoms with E-state index in [-0.39, 0.29) is 5.82 Å². The van der Waals surface area contributed by atoms with Gasteiger partial charge in [-0.05, 0) is 22.0 Å². The van der Waals surface area contributed by atoms with E-state index in [2.05, 4.69) is 15.9 Å². The van der Waals surface area contributed by atoms with Crippen molar-refractivity contribution in [1.29, 1.82) is 0 Å². The van der Waals surface area contributed by atoms with Crippen LogP contribution in [0, 0.1) is 12.4 Å². The van der Waals surface area contributed by atoms with Crippen molar-refractivity contribution in [1.82, 2.24) is 0 Å². The number of halogens is 2. The molecule has 0 spiro atoms. The van der Waals surface area contributed by atoms with Gasteiger partial charge < -0.3 is 0 Å². The van der Waals surface area contributed by atoms with Gasteiger partial charge in [-0.3, -0.25) is 0 Å². The highest BCUT2D eigenvalue weighted by Crippen LogP contribution is 2.18. The Labute approximate surface area is 67.5 Å². The van der Waals surface area contributed by atoms with Crippen LogP contribution in [0.1, 0.15) is 5.56 Å². The minimum atomic E-state index is -0.315. The molecule has 0 atom stereocenters. The molecule has 0 N–H and O–H groups in total. The second kappa shape index (κ2) is 2.97. The largest absolute Gasteiger partial charge is 0.205 e. The van der Waals surface area contributed by atoms with Gasteiger partial charge in [0.1, 0.15) is 5.82 Å². The third-order valence-electron chi connectivity index (χ3n) is 1.16. The lowest BCUT2D eigenvalue weighted by molar-refractivity contribution is 0.618. The molecule has 0 aliphatic rings. The van der Waals surface area contributed by atoms with E-state index >= 15 is 0 Å². The van der Waals surface area contributed by atoms with Crippen LogP contribution in [0.15, 0.2) is 22.7 Å². The minimum absolute atomic E-state index is 0.315. The fourth-order valence-corrected chi connectivity index (χ4v) is 1.03. The van der Waals surface area contributed by atoms with Crippen LogP contribution >= 0.6 is 15.9 Å². The summed E-state index contributed by atoms with van der Waals surface area (Å²) in [4.78, 5) is 0. The molecule has 0 fully saturated rings. The maximum atomic E-state index is 12.8. The van der Waals surface area contributed by atoms with Crippen molar-refractivity contribution >= 4 is 22.0 Å². The van der Waals surface area contributed by atoms with Crippen molar-refractivity contribution < 1.29 is 4.39 Å². The third kappa shape index (κ3) is 1.27. The van der Waals surface area contributed by atoms with Gasteiger partial charge in [-0.15, -0.1) is 0 Å². The van der Waals surface area contributed by atoms with E-state index in [1.54, 1.807) is 18.2 Å². The fourth-order valence-electron chi connectivity index (χ4n) is 0.649. The van der Waals surface area contributed by atoms with Gasteiger partial charge in [-0.2, -0.15) is 0 Å². The van der Waals surface area contributed by atoms with Gasteiger partial charge >= 0.3 is 0 Å². The normalized spacial score (nSPS) is 9.40. The van der Waals surface area contributed by atoms with Crippen LogP contribution in [0.4, 0.5) is 4.39 Å². The zero-order valence-electron chi connectivity index (χ0n) is 5.14. The summed E-state index contributed by atoms with van der Waals surface area (Å²) in [5, 5.41) is 0. The molecule has 0 aliphatic heterocycles. The first kappa shape index (κ1) is 7.48. The second-order valence-electron chi connectivity index (χ2n) is 1.81. The Morgan fingerprint density at radius 1 is 1.50 bits per heavy atom. The van der Waals surface area contributed by atoms with Crippen LogP contribution in [-0.4, -0.2) is 0 Å². The summed E-state index contributed by atoms with van der Waals surface area (Å²) in [5.41, 5.74) is 0.411. The van der Waals surface area contributed by atoms with Gasteiger partial charge in [-0.1, -0.05) is 24.8 Å². The molecule has 0 aromatic heterocycles. The Hall–Kier alpha value is -0.630. The van der Waals surface area contributed by atoms with Crippen LogP contribution in [0.2, 0.25) is 0 Å². The highest BCUT2D eigenvalue weighted by atomic mass is 79.9. The average molecular weight is 200 g/mol. The summed E-state index contributed by atoms with van der Waals surface area (Å²) >= 11 is 3.04. The van der Waals surface area contributed by atoms with Crippen LogP contribution in [0.5, 0.6) is 0 Å². The van der Waals surface area contributed by atoms with E-state index in [0.29, 0.717) is 10.0 Å². The Bertz CT molecular complexity index is 255. The van der Waals surface area contributed by atoms with Gasteiger partial charge in [0.15, 0.2) is 0 Å². The first-order valence-electron chi connectivity index (χ1n) is 2.74. The maximum Gasteiger partial charge on any atom is 0.144 e. The van der Waals surface area contributed by atoms with Crippen LogP contribution in [0.3, 0.4) is 0 Å². The van der Waals surface area contributed by atoms with Gasteiger partial charge in [0.2, 0.25) is 0 Å². The molecule has 0 saturated heterocycles. The average Bonchev–Trinajstić information content (AvgIpc) is 1.95. The molecule has 51 valence electrons. The Balaban J connectivity index is 3.27. The molecule has 1 radical (unpaired) electrons. The van der Waals surface area contributed by atoms with E-state index in [9.17, 15) is 4.39 Å². The summed E-state index contributed by atoms with van der Waals surface area (Å²) in [6.45, 7) is 5.13. The van der Waals surface area contributed by atoms with Crippen molar-refractivity contribution in [2.24, 2.45) is 0 Å². The molecule has 0 aliphatic carbocycles. The first-order chi connectivity index (χ1) is 4.75. The van der Waals surface area contributed by atoms with Gasteiger partial charge in [0.25, 0.3) is 0 Å². The third-order valence-corrected chi connectivity index (χ3v) is 1.77. The van der Waals surface area contributed by atoms with Crippen molar-refractivity contribution in [2.75, 3.05) is 0 Å². The molecule has 0 bridgehead atoms. The van der Waals surface area contributed by atoms with Crippen LogP contribution < -0.4 is 0 Å². The zero-order chi connectivity index (χ0) is 7.56. The molecule has 0 nitrogen and oxygen atoms in total. The standard InChI is InChI=1S/C8H5BrF/c1-2-6-4-3-5-7(9)8(6)10/h1-5H. The van der Waals surface area contributed by atoms with Gasteiger partial charge in [-0.25, -0.2) is 4.39 Å². The lowest BCUT2D eigenvalue weighted by atomic mass is 10.2. The molecule has 0 amide bonds. The van der Waals surface area contributed by atoms with Crippen molar-refractivity contribution in [2.45, 2.75) is 0 Å². The quantitative estimate of drug-likeness (QED) is 0.653. The van der Waals surface area contributed by atoms with E-state index < -0.39 is 0 Å². The molecule has 10 heavy (non-hydrogen) atoms. The highest BCUT2D eigenvalue weighted by molar-refractivity contribution is 9.10. The molecule has 1 aromatic rings. The van der Waals surface area contributed by atoms with Crippen molar-refractivity contribution in [3.05, 3.63) is 40.6 Å². The molecule has 1 rings (SSSR count). The molecule has 1 aromatic carbocycles. The van der Waals surface area contributed by atoms with Gasteiger partial charge in [0, 0.05) is 5.56 Å². The monoisotopic (exact) mass is 199 g/mol. The molecular formula is C8H5BrF. The van der Waals surface area contributed by atoms with Crippen LogP contribution in [0.25, 0.3) is 6.08 Å². The topological polar surface area (TPSA) is 0 Å². The molecule has 0 heterocycles. The van der Waals surface area contributed by atoms with E-state index in [1.807, 2.05) is 0 Å². The van der Waals surface area contributed by atoms with Gasteiger partial charge in [0.05, 0.1) is 4.47 Å².